The molecule has 0 aliphatic carbocycles. The van der Waals surface area contributed by atoms with Crippen LogP contribution < -0.4 is 10.6 Å². The predicted octanol–water partition coefficient (Wildman–Crippen LogP) is 3.06. The largest absolute Gasteiger partial charge is 0.376 e. The Labute approximate surface area is 170 Å². The number of aryl methyl sites for hydroxylation is 1. The molecule has 1 aliphatic heterocycles. The van der Waals surface area contributed by atoms with Gasteiger partial charge in [0.25, 0.3) is 5.91 Å². The molecule has 0 spiro atoms. The molecule has 156 valence electrons. The molecule has 2 amide bonds. The summed E-state index contributed by atoms with van der Waals surface area (Å²) >= 11 is 0. The first-order chi connectivity index (χ1) is 14.0. The van der Waals surface area contributed by atoms with Crippen molar-refractivity contribution < 1.29 is 18.8 Å². The fraction of sp³-hybridized carbons (Fsp3) is 0.524. The summed E-state index contributed by atoms with van der Waals surface area (Å²) in [5.74, 6) is 1.04. The van der Waals surface area contributed by atoms with Gasteiger partial charge in [0.2, 0.25) is 11.8 Å². The van der Waals surface area contributed by atoms with Crippen molar-refractivity contribution >= 4 is 17.5 Å². The average Bonchev–Trinajstić information content (AvgIpc) is 3.38. The number of amides is 2. The number of aromatic nitrogens is 2. The minimum Gasteiger partial charge on any atom is -0.376 e. The van der Waals surface area contributed by atoms with Gasteiger partial charge in [0.15, 0.2) is 5.82 Å². The number of para-hydroxylation sites is 1. The quantitative estimate of drug-likeness (QED) is 0.670. The van der Waals surface area contributed by atoms with Gasteiger partial charge in [0.05, 0.1) is 17.4 Å². The summed E-state index contributed by atoms with van der Waals surface area (Å²) in [6, 6.07) is 7.00. The number of nitrogens with zero attached hydrogens (tertiary/aromatic N) is 2. The molecule has 2 heterocycles. The molecular weight excluding hydrogens is 372 g/mol. The maximum atomic E-state index is 12.5. The summed E-state index contributed by atoms with van der Waals surface area (Å²) in [6.45, 7) is 5.21. The summed E-state index contributed by atoms with van der Waals surface area (Å²) in [7, 11) is 0. The van der Waals surface area contributed by atoms with Crippen LogP contribution in [0.2, 0.25) is 0 Å². The summed E-state index contributed by atoms with van der Waals surface area (Å²) in [6.07, 6.45) is 3.47. The van der Waals surface area contributed by atoms with E-state index in [1.54, 1.807) is 24.3 Å². The fourth-order valence-electron chi connectivity index (χ4n) is 3.11. The third-order valence-corrected chi connectivity index (χ3v) is 4.75. The Kier molecular flexibility index (Phi) is 7.35. The standard InChI is InChI=1S/C21H28N4O4/c1-14(2)20-24-19(29-25-20)11-5-10-18(26)23-17-9-4-3-8-16(17)21(27)22-13-15-7-6-12-28-15/h3-4,8-9,14-15H,5-7,10-13H2,1-2H3,(H,22,27)(H,23,26). The van der Waals surface area contributed by atoms with Crippen LogP contribution in [0, 0.1) is 0 Å². The molecule has 2 N–H and O–H groups in total. The first-order valence-corrected chi connectivity index (χ1v) is 10.1. The average molecular weight is 400 g/mol. The van der Waals surface area contributed by atoms with Crippen LogP contribution >= 0.6 is 0 Å². The molecule has 29 heavy (non-hydrogen) atoms. The molecule has 1 aliphatic rings. The van der Waals surface area contributed by atoms with Gasteiger partial charge in [0.1, 0.15) is 0 Å². The Morgan fingerprint density at radius 1 is 1.28 bits per heavy atom. The number of hydrogen-bond acceptors (Lipinski definition) is 6. The first-order valence-electron chi connectivity index (χ1n) is 10.1. The lowest BCUT2D eigenvalue weighted by molar-refractivity contribution is -0.116. The number of carbonyl (C=O) groups excluding carboxylic acids is 2. The third-order valence-electron chi connectivity index (χ3n) is 4.75. The Morgan fingerprint density at radius 3 is 2.83 bits per heavy atom. The molecular formula is C21H28N4O4. The van der Waals surface area contributed by atoms with Crippen molar-refractivity contribution in [1.82, 2.24) is 15.5 Å². The molecule has 1 aromatic heterocycles. The van der Waals surface area contributed by atoms with E-state index in [0.29, 0.717) is 48.8 Å². The second kappa shape index (κ2) is 10.2. The van der Waals surface area contributed by atoms with Crippen LogP contribution in [-0.4, -0.2) is 41.2 Å². The second-order valence-electron chi connectivity index (χ2n) is 7.49. The molecule has 1 aromatic carbocycles. The molecule has 2 aromatic rings. The topological polar surface area (TPSA) is 106 Å². The Balaban J connectivity index is 1.48. The van der Waals surface area contributed by atoms with Crippen LogP contribution in [0.4, 0.5) is 5.69 Å². The molecule has 0 radical (unpaired) electrons. The van der Waals surface area contributed by atoms with E-state index in [2.05, 4.69) is 20.8 Å². The second-order valence-corrected chi connectivity index (χ2v) is 7.49. The molecule has 8 heteroatoms. The summed E-state index contributed by atoms with van der Waals surface area (Å²) in [5, 5.41) is 9.64. The van der Waals surface area contributed by atoms with Crippen molar-refractivity contribution in [3.05, 3.63) is 41.5 Å². The van der Waals surface area contributed by atoms with Crippen LogP contribution in [0.15, 0.2) is 28.8 Å². The summed E-state index contributed by atoms with van der Waals surface area (Å²) in [5.41, 5.74) is 0.944. The lowest BCUT2D eigenvalue weighted by atomic mass is 10.1. The molecule has 1 unspecified atom stereocenters. The van der Waals surface area contributed by atoms with Gasteiger partial charge in [-0.05, 0) is 31.4 Å². The molecule has 8 nitrogen and oxygen atoms in total. The van der Waals surface area contributed by atoms with Gasteiger partial charge in [-0.3, -0.25) is 9.59 Å². The molecule has 1 atom stereocenters. The SMILES string of the molecule is CC(C)c1noc(CCCC(=O)Nc2ccccc2C(=O)NCC2CCCO2)n1. The Bertz CT molecular complexity index is 828. The number of carbonyl (C=O) groups is 2. The number of benzene rings is 1. The van der Waals surface area contributed by atoms with Crippen LogP contribution in [0.1, 0.15) is 67.5 Å². The minimum atomic E-state index is -0.219. The van der Waals surface area contributed by atoms with Crippen molar-refractivity contribution in [2.75, 3.05) is 18.5 Å². The van der Waals surface area contributed by atoms with Crippen molar-refractivity contribution in [3.8, 4) is 0 Å². The number of rotatable bonds is 9. The normalized spacial score (nSPS) is 16.2. The number of ether oxygens (including phenoxy) is 1. The lowest BCUT2D eigenvalue weighted by Gasteiger charge is -2.13. The first kappa shape index (κ1) is 21.0. The van der Waals surface area contributed by atoms with E-state index in [1.165, 1.54) is 0 Å². The van der Waals surface area contributed by atoms with Gasteiger partial charge in [-0.25, -0.2) is 0 Å². The minimum absolute atomic E-state index is 0.0709. The zero-order chi connectivity index (χ0) is 20.6. The molecule has 3 rings (SSSR count). The highest BCUT2D eigenvalue weighted by molar-refractivity contribution is 6.03. The number of anilines is 1. The highest BCUT2D eigenvalue weighted by atomic mass is 16.5. The maximum absolute atomic E-state index is 12.5. The Morgan fingerprint density at radius 2 is 2.10 bits per heavy atom. The van der Waals surface area contributed by atoms with Gasteiger partial charge in [-0.2, -0.15) is 4.98 Å². The van der Waals surface area contributed by atoms with E-state index in [1.807, 2.05) is 13.8 Å². The maximum Gasteiger partial charge on any atom is 0.253 e. The van der Waals surface area contributed by atoms with Crippen LogP contribution in [-0.2, 0) is 16.0 Å². The van der Waals surface area contributed by atoms with Crippen molar-refractivity contribution in [2.24, 2.45) is 0 Å². The lowest BCUT2D eigenvalue weighted by Crippen LogP contribution is -2.32. The van der Waals surface area contributed by atoms with Crippen molar-refractivity contribution in [1.29, 1.82) is 0 Å². The van der Waals surface area contributed by atoms with E-state index in [9.17, 15) is 9.59 Å². The van der Waals surface area contributed by atoms with E-state index in [4.69, 9.17) is 9.26 Å². The van der Waals surface area contributed by atoms with Crippen LogP contribution in [0.25, 0.3) is 0 Å². The number of hydrogen-bond donors (Lipinski definition) is 2. The Hall–Kier alpha value is -2.74. The van der Waals surface area contributed by atoms with Gasteiger partial charge >= 0.3 is 0 Å². The molecule has 1 fully saturated rings. The molecule has 1 saturated heterocycles. The van der Waals surface area contributed by atoms with E-state index in [0.717, 1.165) is 19.4 Å². The van der Waals surface area contributed by atoms with E-state index in [-0.39, 0.29) is 23.8 Å². The zero-order valence-electron chi connectivity index (χ0n) is 16.9. The van der Waals surface area contributed by atoms with E-state index < -0.39 is 0 Å². The van der Waals surface area contributed by atoms with Gasteiger partial charge < -0.3 is 19.9 Å². The van der Waals surface area contributed by atoms with Crippen molar-refractivity contribution in [2.45, 2.75) is 58.0 Å². The monoisotopic (exact) mass is 400 g/mol. The molecule has 0 bridgehead atoms. The third kappa shape index (κ3) is 6.12. The number of nitrogens with one attached hydrogen (secondary N) is 2. The molecule has 0 saturated carbocycles. The van der Waals surface area contributed by atoms with Crippen LogP contribution in [0.5, 0.6) is 0 Å². The van der Waals surface area contributed by atoms with Gasteiger partial charge in [-0.15, -0.1) is 0 Å². The van der Waals surface area contributed by atoms with Crippen molar-refractivity contribution in [3.63, 3.8) is 0 Å². The highest BCUT2D eigenvalue weighted by Crippen LogP contribution is 2.17. The van der Waals surface area contributed by atoms with Gasteiger partial charge in [-0.1, -0.05) is 31.1 Å². The van der Waals surface area contributed by atoms with E-state index >= 15 is 0 Å². The van der Waals surface area contributed by atoms with Gasteiger partial charge in [0, 0.05) is 31.9 Å². The highest BCUT2D eigenvalue weighted by Gasteiger charge is 2.18. The fourth-order valence-corrected chi connectivity index (χ4v) is 3.11. The zero-order valence-corrected chi connectivity index (χ0v) is 16.9. The smallest absolute Gasteiger partial charge is 0.253 e. The summed E-state index contributed by atoms with van der Waals surface area (Å²) < 4.78 is 10.7. The summed E-state index contributed by atoms with van der Waals surface area (Å²) in [4.78, 5) is 29.2. The predicted molar refractivity (Wildman–Crippen MR) is 108 cm³/mol. The van der Waals surface area contributed by atoms with Crippen LogP contribution in [0.3, 0.4) is 0 Å².